The molecule has 2 aromatic carbocycles. The summed E-state index contributed by atoms with van der Waals surface area (Å²) in [7, 11) is 0. The zero-order valence-electron chi connectivity index (χ0n) is 19.6. The Morgan fingerprint density at radius 1 is 1.14 bits per heavy atom. The maximum absolute atomic E-state index is 13.3. The van der Waals surface area contributed by atoms with Gasteiger partial charge in [-0.2, -0.15) is 0 Å². The Morgan fingerprint density at radius 3 is 2.43 bits per heavy atom. The first kappa shape index (κ1) is 23.7. The Hall–Kier alpha value is -3.06. The normalized spacial score (nSPS) is 21.6. The van der Waals surface area contributed by atoms with Crippen LogP contribution in [0.4, 0.5) is 5.69 Å². The van der Waals surface area contributed by atoms with Crippen molar-refractivity contribution in [2.45, 2.75) is 38.7 Å². The van der Waals surface area contributed by atoms with Crippen molar-refractivity contribution >= 4 is 50.4 Å². The number of carbonyl (C=O) groups is 2. The number of nitrogens with two attached hydrogens (primary N) is 1. The van der Waals surface area contributed by atoms with Crippen LogP contribution in [0.5, 0.6) is 0 Å². The molecule has 0 amide bonds. The molecule has 5 nitrogen and oxygen atoms in total. The molecule has 1 aliphatic carbocycles. The van der Waals surface area contributed by atoms with Gasteiger partial charge in [0.15, 0.2) is 0 Å². The van der Waals surface area contributed by atoms with Crippen molar-refractivity contribution < 1.29 is 14.7 Å². The van der Waals surface area contributed by atoms with Gasteiger partial charge in [-0.05, 0) is 61.7 Å². The average Bonchev–Trinajstić information content (AvgIpc) is 3.14. The number of hydrogen-bond acceptors (Lipinski definition) is 6. The summed E-state index contributed by atoms with van der Waals surface area (Å²) >= 11 is 7.24. The average molecular weight is 505 g/mol. The van der Waals surface area contributed by atoms with Crippen LogP contribution in [0.1, 0.15) is 57.4 Å². The highest BCUT2D eigenvalue weighted by Gasteiger charge is 2.48. The molecule has 3 N–H and O–H groups in total. The molecule has 2 heterocycles. The van der Waals surface area contributed by atoms with Gasteiger partial charge in [-0.3, -0.25) is 9.59 Å². The first-order valence-electron chi connectivity index (χ1n) is 11.4. The lowest BCUT2D eigenvalue weighted by molar-refractivity contribution is -0.130. The minimum atomic E-state index is -1.30. The number of nitrogen functional groups attached to an aromatic ring is 1. The number of aromatic nitrogens is 1. The number of thiophene rings is 1. The van der Waals surface area contributed by atoms with E-state index in [4.69, 9.17) is 22.3 Å². The van der Waals surface area contributed by atoms with E-state index in [1.165, 1.54) is 18.3 Å². The first-order chi connectivity index (χ1) is 16.6. The topological polar surface area (TPSA) is 93.3 Å². The predicted molar refractivity (Wildman–Crippen MR) is 140 cm³/mol. The largest absolute Gasteiger partial charge is 0.397 e. The van der Waals surface area contributed by atoms with Gasteiger partial charge >= 0.3 is 0 Å². The summed E-state index contributed by atoms with van der Waals surface area (Å²) in [5.74, 6) is -1.28. The summed E-state index contributed by atoms with van der Waals surface area (Å²) < 4.78 is 0. The summed E-state index contributed by atoms with van der Waals surface area (Å²) in [4.78, 5) is 32.1. The Morgan fingerprint density at radius 2 is 1.80 bits per heavy atom. The van der Waals surface area contributed by atoms with E-state index in [2.05, 4.69) is 0 Å². The smallest absolute Gasteiger partial charge is 0.205 e. The minimum Gasteiger partial charge on any atom is -0.397 e. The van der Waals surface area contributed by atoms with Crippen LogP contribution in [-0.2, 0) is 11.2 Å². The number of anilines is 1. The predicted octanol–water partition coefficient (Wildman–Crippen LogP) is 5.72. The monoisotopic (exact) mass is 504 g/mol. The molecule has 0 radical (unpaired) electrons. The van der Waals surface area contributed by atoms with E-state index in [1.54, 1.807) is 31.2 Å². The zero-order valence-corrected chi connectivity index (χ0v) is 21.2. The van der Waals surface area contributed by atoms with Crippen LogP contribution >= 0.6 is 22.9 Å². The second-order valence-electron chi connectivity index (χ2n) is 9.46. The molecule has 0 aliphatic heterocycles. The van der Waals surface area contributed by atoms with E-state index in [-0.39, 0.29) is 23.9 Å². The molecule has 4 aromatic rings. The Balaban J connectivity index is 1.77. The van der Waals surface area contributed by atoms with Gasteiger partial charge in [0.25, 0.3) is 0 Å². The lowest BCUT2D eigenvalue weighted by Crippen LogP contribution is -2.48. The molecule has 1 aliphatic rings. The molecule has 7 heteroatoms. The van der Waals surface area contributed by atoms with Crippen LogP contribution in [0.15, 0.2) is 54.6 Å². The van der Waals surface area contributed by atoms with E-state index in [9.17, 15) is 14.7 Å². The molecule has 0 bridgehead atoms. The molecule has 5 rings (SSSR count). The van der Waals surface area contributed by atoms with Crippen molar-refractivity contribution in [1.82, 2.24) is 4.98 Å². The third-order valence-corrected chi connectivity index (χ3v) is 8.32. The van der Waals surface area contributed by atoms with E-state index in [0.29, 0.717) is 31.4 Å². The quantitative estimate of drug-likeness (QED) is 0.347. The Bertz CT molecular complexity index is 1480. The van der Waals surface area contributed by atoms with Gasteiger partial charge in [0, 0.05) is 34.0 Å². The van der Waals surface area contributed by atoms with Crippen molar-refractivity contribution in [2.24, 2.45) is 5.92 Å². The van der Waals surface area contributed by atoms with Crippen LogP contribution in [-0.4, -0.2) is 27.3 Å². The molecule has 178 valence electrons. The first-order valence-corrected chi connectivity index (χ1v) is 12.6. The van der Waals surface area contributed by atoms with Crippen molar-refractivity contribution in [3.63, 3.8) is 0 Å². The molecular formula is C28H25ClN2O3S. The Labute approximate surface area is 212 Å². The number of benzene rings is 2. The van der Waals surface area contributed by atoms with E-state index in [1.807, 2.05) is 37.3 Å². The van der Waals surface area contributed by atoms with Crippen molar-refractivity contribution in [3.8, 4) is 0 Å². The zero-order chi connectivity index (χ0) is 25.1. The highest BCUT2D eigenvalue weighted by molar-refractivity contribution is 7.21. The molecule has 3 unspecified atom stereocenters. The molecular weight excluding hydrogens is 480 g/mol. The Kier molecular flexibility index (Phi) is 5.79. The fourth-order valence-electron chi connectivity index (χ4n) is 5.55. The third-order valence-electron chi connectivity index (χ3n) is 6.97. The number of hydrogen-bond donors (Lipinski definition) is 2. The number of fused-ring (bicyclic) bond motifs is 3. The van der Waals surface area contributed by atoms with Crippen LogP contribution in [0.25, 0.3) is 10.2 Å². The lowest BCUT2D eigenvalue weighted by atomic mass is 9.62. The fourth-order valence-corrected chi connectivity index (χ4v) is 6.81. The number of rotatable bonds is 4. The van der Waals surface area contributed by atoms with Gasteiger partial charge in [0.05, 0.1) is 17.2 Å². The molecule has 2 aromatic heterocycles. The maximum atomic E-state index is 13.3. The summed E-state index contributed by atoms with van der Waals surface area (Å²) in [6.45, 7) is 5.16. The maximum Gasteiger partial charge on any atom is 0.205 e. The summed E-state index contributed by atoms with van der Waals surface area (Å²) in [5.41, 5.74) is 9.65. The summed E-state index contributed by atoms with van der Waals surface area (Å²) in [5, 5.41) is 12.8. The highest BCUT2D eigenvalue weighted by Crippen LogP contribution is 2.51. The van der Waals surface area contributed by atoms with Gasteiger partial charge in [0.2, 0.25) is 5.78 Å². The molecule has 35 heavy (non-hydrogen) atoms. The highest BCUT2D eigenvalue weighted by atomic mass is 35.5. The molecule has 0 fully saturated rings. The SMILES string of the molecule is CC(=O)C1C(c2ccccc2)c2c(C)nc3sc(C(=O)c4ccc(Cl)cc4)c(N)c3c2CC1(C)O. The number of pyridine rings is 1. The van der Waals surface area contributed by atoms with Gasteiger partial charge in [0.1, 0.15) is 15.5 Å². The van der Waals surface area contributed by atoms with E-state index >= 15 is 0 Å². The number of carbonyl (C=O) groups excluding carboxylic acids is 2. The van der Waals surface area contributed by atoms with Gasteiger partial charge in [-0.25, -0.2) is 4.98 Å². The van der Waals surface area contributed by atoms with Crippen molar-refractivity contribution in [1.29, 1.82) is 0 Å². The standard InChI is InChI=1S/C28H25ClN2O3S/c1-14-20-19(13-28(3,34)23(15(2)32)21(20)16-7-5-4-6-8-16)22-24(30)26(35-27(22)31-14)25(33)17-9-11-18(29)12-10-17/h4-12,21,23,34H,13,30H2,1-3H3. The molecule has 0 spiro atoms. The lowest BCUT2D eigenvalue weighted by Gasteiger charge is -2.43. The molecule has 3 atom stereocenters. The second kappa shape index (κ2) is 8.55. The fraction of sp³-hybridized carbons (Fsp3) is 0.250. The summed E-state index contributed by atoms with van der Waals surface area (Å²) in [6, 6.07) is 16.4. The number of Topliss-reactive ketones (excluding diaryl/α,β-unsaturated/α-hetero) is 1. The van der Waals surface area contributed by atoms with Crippen LogP contribution < -0.4 is 5.73 Å². The second-order valence-corrected chi connectivity index (χ2v) is 10.9. The molecule has 0 saturated heterocycles. The van der Waals surface area contributed by atoms with E-state index < -0.39 is 11.5 Å². The number of aryl methyl sites for hydroxylation is 1. The number of ketones is 2. The molecule has 0 saturated carbocycles. The summed E-state index contributed by atoms with van der Waals surface area (Å²) in [6.07, 6.45) is 0.241. The van der Waals surface area contributed by atoms with Crippen LogP contribution in [0, 0.1) is 12.8 Å². The van der Waals surface area contributed by atoms with Crippen molar-refractivity contribution in [3.05, 3.63) is 92.4 Å². The van der Waals surface area contributed by atoms with E-state index in [0.717, 1.165) is 22.4 Å². The minimum absolute atomic E-state index is 0.0779. The van der Waals surface area contributed by atoms with Crippen LogP contribution in [0.3, 0.4) is 0 Å². The van der Waals surface area contributed by atoms with Gasteiger partial charge in [-0.15, -0.1) is 11.3 Å². The number of aliphatic hydroxyl groups is 1. The van der Waals surface area contributed by atoms with Crippen LogP contribution in [0.2, 0.25) is 5.02 Å². The van der Waals surface area contributed by atoms with Crippen molar-refractivity contribution in [2.75, 3.05) is 5.73 Å². The van der Waals surface area contributed by atoms with Gasteiger partial charge < -0.3 is 10.8 Å². The third kappa shape index (κ3) is 3.86. The van der Waals surface area contributed by atoms with Gasteiger partial charge in [-0.1, -0.05) is 41.9 Å². The number of nitrogens with zero attached hydrogens (tertiary/aromatic N) is 1. The number of halogens is 1.